The van der Waals surface area contributed by atoms with Crippen LogP contribution in [0.4, 0.5) is 5.69 Å². The SMILES string of the molecule is CC(N)C(=O)Nc1cc(OCCO[N+](=O)[O-])ccc1Cl. The molecule has 0 saturated heterocycles. The fourth-order valence-electron chi connectivity index (χ4n) is 1.21. The Bertz CT molecular complexity index is 495. The first-order chi connectivity index (χ1) is 9.40. The van der Waals surface area contributed by atoms with Crippen LogP contribution in [0.3, 0.4) is 0 Å². The van der Waals surface area contributed by atoms with Crippen LogP contribution < -0.4 is 15.8 Å². The first-order valence-electron chi connectivity index (χ1n) is 5.66. The summed E-state index contributed by atoms with van der Waals surface area (Å²) in [4.78, 5) is 25.5. The van der Waals surface area contributed by atoms with Crippen molar-refractivity contribution in [3.8, 4) is 5.75 Å². The van der Waals surface area contributed by atoms with Gasteiger partial charge in [-0.05, 0) is 19.1 Å². The molecule has 0 saturated carbocycles. The lowest BCUT2D eigenvalue weighted by Crippen LogP contribution is -2.32. The second-order valence-electron chi connectivity index (χ2n) is 3.82. The lowest BCUT2D eigenvalue weighted by molar-refractivity contribution is -0.757. The van der Waals surface area contributed by atoms with Crippen LogP contribution in [-0.4, -0.2) is 30.2 Å². The molecule has 0 aromatic heterocycles. The lowest BCUT2D eigenvalue weighted by atomic mass is 10.2. The second-order valence-corrected chi connectivity index (χ2v) is 4.23. The third-order valence-electron chi connectivity index (χ3n) is 2.16. The van der Waals surface area contributed by atoms with E-state index in [-0.39, 0.29) is 19.1 Å². The van der Waals surface area contributed by atoms with Crippen LogP contribution in [0.2, 0.25) is 5.02 Å². The molecule has 3 N–H and O–H groups in total. The molecule has 1 amide bonds. The van der Waals surface area contributed by atoms with Gasteiger partial charge in [-0.25, -0.2) is 0 Å². The summed E-state index contributed by atoms with van der Waals surface area (Å²) in [6.45, 7) is 1.33. The number of carbonyl (C=O) groups is 1. The highest BCUT2D eigenvalue weighted by Gasteiger charge is 2.11. The molecule has 20 heavy (non-hydrogen) atoms. The van der Waals surface area contributed by atoms with E-state index in [1.807, 2.05) is 0 Å². The van der Waals surface area contributed by atoms with Gasteiger partial charge in [0, 0.05) is 6.07 Å². The number of nitrogens with one attached hydrogen (secondary N) is 1. The van der Waals surface area contributed by atoms with E-state index in [0.29, 0.717) is 16.5 Å². The number of hydrogen-bond acceptors (Lipinski definition) is 6. The Kier molecular flexibility index (Phi) is 6.01. The molecule has 1 rings (SSSR count). The van der Waals surface area contributed by atoms with Crippen molar-refractivity contribution >= 4 is 23.2 Å². The number of halogens is 1. The zero-order chi connectivity index (χ0) is 15.1. The molecule has 0 fully saturated rings. The predicted octanol–water partition coefficient (Wildman–Crippen LogP) is 1.21. The van der Waals surface area contributed by atoms with E-state index in [1.165, 1.54) is 12.1 Å². The van der Waals surface area contributed by atoms with Crippen LogP contribution in [0, 0.1) is 10.1 Å². The Balaban J connectivity index is 2.61. The third-order valence-corrected chi connectivity index (χ3v) is 2.49. The monoisotopic (exact) mass is 303 g/mol. The molecule has 0 heterocycles. The summed E-state index contributed by atoms with van der Waals surface area (Å²) in [7, 11) is 0. The average molecular weight is 304 g/mol. The standard InChI is InChI=1S/C11H14ClN3O5/c1-7(13)11(16)14-10-6-8(2-3-9(10)12)19-4-5-20-15(17)18/h2-3,6-7H,4-5,13H2,1H3,(H,14,16). The van der Waals surface area contributed by atoms with Crippen molar-refractivity contribution in [2.24, 2.45) is 5.73 Å². The largest absolute Gasteiger partial charge is 0.492 e. The molecular weight excluding hydrogens is 290 g/mol. The summed E-state index contributed by atoms with van der Waals surface area (Å²) in [5, 5.41) is 11.9. The lowest BCUT2D eigenvalue weighted by Gasteiger charge is -2.11. The third kappa shape index (κ3) is 5.29. The van der Waals surface area contributed by atoms with Crippen molar-refractivity contribution in [1.29, 1.82) is 0 Å². The van der Waals surface area contributed by atoms with Crippen molar-refractivity contribution in [1.82, 2.24) is 0 Å². The summed E-state index contributed by atoms with van der Waals surface area (Å²) in [6.07, 6.45) is 0. The minimum absolute atomic E-state index is 0.0106. The highest BCUT2D eigenvalue weighted by Crippen LogP contribution is 2.26. The van der Waals surface area contributed by atoms with Gasteiger partial charge in [0.15, 0.2) is 0 Å². The number of nitrogens with two attached hydrogens (primary N) is 1. The Morgan fingerprint density at radius 2 is 2.25 bits per heavy atom. The molecule has 0 spiro atoms. The maximum absolute atomic E-state index is 11.5. The van der Waals surface area contributed by atoms with Crippen LogP contribution >= 0.6 is 11.6 Å². The van der Waals surface area contributed by atoms with Crippen LogP contribution in [0.1, 0.15) is 6.92 Å². The van der Waals surface area contributed by atoms with Gasteiger partial charge in [-0.2, -0.15) is 0 Å². The van der Waals surface area contributed by atoms with E-state index in [9.17, 15) is 14.9 Å². The van der Waals surface area contributed by atoms with Gasteiger partial charge < -0.3 is 20.6 Å². The maximum atomic E-state index is 11.5. The molecule has 0 aliphatic heterocycles. The number of rotatable bonds is 7. The van der Waals surface area contributed by atoms with Gasteiger partial charge in [0.25, 0.3) is 5.09 Å². The topological polar surface area (TPSA) is 117 Å². The van der Waals surface area contributed by atoms with E-state index in [2.05, 4.69) is 10.2 Å². The Morgan fingerprint density at radius 3 is 2.85 bits per heavy atom. The van der Waals surface area contributed by atoms with E-state index < -0.39 is 11.1 Å². The molecule has 1 aromatic rings. The number of amides is 1. The number of benzene rings is 1. The fourth-order valence-corrected chi connectivity index (χ4v) is 1.37. The van der Waals surface area contributed by atoms with Crippen LogP contribution in [-0.2, 0) is 9.63 Å². The minimum atomic E-state index is -0.903. The summed E-state index contributed by atoms with van der Waals surface area (Å²) < 4.78 is 5.22. The van der Waals surface area contributed by atoms with Crippen LogP contribution in [0.25, 0.3) is 0 Å². The summed E-state index contributed by atoms with van der Waals surface area (Å²) in [6, 6.07) is 3.91. The normalized spacial score (nSPS) is 11.6. The predicted molar refractivity (Wildman–Crippen MR) is 72.2 cm³/mol. The van der Waals surface area contributed by atoms with Gasteiger partial charge in [0.2, 0.25) is 5.91 Å². The van der Waals surface area contributed by atoms with Gasteiger partial charge >= 0.3 is 0 Å². The van der Waals surface area contributed by atoms with E-state index >= 15 is 0 Å². The molecule has 110 valence electrons. The summed E-state index contributed by atoms with van der Waals surface area (Å²) in [5.41, 5.74) is 5.78. The van der Waals surface area contributed by atoms with Gasteiger partial charge in [-0.3, -0.25) is 4.79 Å². The zero-order valence-corrected chi connectivity index (χ0v) is 11.4. The fraction of sp³-hybridized carbons (Fsp3) is 0.364. The molecule has 1 aromatic carbocycles. The molecule has 9 heteroatoms. The van der Waals surface area contributed by atoms with Gasteiger partial charge in [0.05, 0.1) is 16.8 Å². The van der Waals surface area contributed by atoms with Gasteiger partial charge in [-0.1, -0.05) is 11.6 Å². The summed E-state index contributed by atoms with van der Waals surface area (Å²) in [5.74, 6) is 0.00190. The zero-order valence-electron chi connectivity index (χ0n) is 10.7. The quantitative estimate of drug-likeness (QED) is 0.444. The Morgan fingerprint density at radius 1 is 1.55 bits per heavy atom. The van der Waals surface area contributed by atoms with Crippen molar-refractivity contribution in [3.05, 3.63) is 33.3 Å². The Labute approximate surface area is 119 Å². The first-order valence-corrected chi connectivity index (χ1v) is 6.04. The van der Waals surface area contributed by atoms with E-state index in [4.69, 9.17) is 22.1 Å². The van der Waals surface area contributed by atoms with Crippen molar-refractivity contribution in [3.63, 3.8) is 0 Å². The van der Waals surface area contributed by atoms with Crippen molar-refractivity contribution < 1.29 is 19.5 Å². The first kappa shape index (κ1) is 16.0. The smallest absolute Gasteiger partial charge is 0.294 e. The second kappa shape index (κ2) is 7.51. The van der Waals surface area contributed by atoms with Gasteiger partial charge in [-0.15, -0.1) is 10.1 Å². The summed E-state index contributed by atoms with van der Waals surface area (Å²) >= 11 is 5.92. The molecule has 0 radical (unpaired) electrons. The number of anilines is 1. The molecule has 1 atom stereocenters. The molecular formula is C11H14ClN3O5. The molecule has 0 aliphatic carbocycles. The highest BCUT2D eigenvalue weighted by atomic mass is 35.5. The Hall–Kier alpha value is -2.06. The number of hydrogen-bond donors (Lipinski definition) is 2. The van der Waals surface area contributed by atoms with E-state index in [0.717, 1.165) is 0 Å². The average Bonchev–Trinajstić information content (AvgIpc) is 2.37. The minimum Gasteiger partial charge on any atom is -0.492 e. The molecule has 8 nitrogen and oxygen atoms in total. The molecule has 0 aliphatic rings. The van der Waals surface area contributed by atoms with Crippen LogP contribution in [0.5, 0.6) is 5.75 Å². The van der Waals surface area contributed by atoms with Crippen LogP contribution in [0.15, 0.2) is 18.2 Å². The number of nitrogens with zero attached hydrogens (tertiary/aromatic N) is 1. The number of carbonyl (C=O) groups excluding carboxylic acids is 1. The number of ether oxygens (including phenoxy) is 1. The van der Waals surface area contributed by atoms with Crippen molar-refractivity contribution in [2.45, 2.75) is 13.0 Å². The molecule has 0 bridgehead atoms. The van der Waals surface area contributed by atoms with Gasteiger partial charge in [0.1, 0.15) is 19.0 Å². The highest BCUT2D eigenvalue weighted by molar-refractivity contribution is 6.33. The van der Waals surface area contributed by atoms with Crippen molar-refractivity contribution in [2.75, 3.05) is 18.5 Å². The van der Waals surface area contributed by atoms with E-state index in [1.54, 1.807) is 13.0 Å². The maximum Gasteiger partial charge on any atom is 0.294 e. The molecule has 1 unspecified atom stereocenters.